The second kappa shape index (κ2) is 9.02. The van der Waals surface area contributed by atoms with Gasteiger partial charge in [-0.05, 0) is 25.5 Å². The highest BCUT2D eigenvalue weighted by Gasteiger charge is 2.28. The van der Waals surface area contributed by atoms with Gasteiger partial charge in [-0.15, -0.1) is 24.8 Å². The van der Waals surface area contributed by atoms with Gasteiger partial charge in [0.15, 0.2) is 6.61 Å². The van der Waals surface area contributed by atoms with Gasteiger partial charge in [-0.25, -0.2) is 4.98 Å². The predicted octanol–water partition coefficient (Wildman–Crippen LogP) is 2.22. The highest BCUT2D eigenvalue weighted by atomic mass is 35.5. The lowest BCUT2D eigenvalue weighted by molar-refractivity contribution is -0.154. The molecular formula is C12H18Cl2F3N3O2. The van der Waals surface area contributed by atoms with Crippen LogP contribution in [0.1, 0.15) is 19.4 Å². The quantitative estimate of drug-likeness (QED) is 0.840. The molecule has 0 aliphatic heterocycles. The average Bonchev–Trinajstić information content (AvgIpc) is 2.32. The summed E-state index contributed by atoms with van der Waals surface area (Å²) in [5, 5.41) is 2.57. The molecule has 128 valence electrons. The number of alkyl halides is 3. The van der Waals surface area contributed by atoms with E-state index in [0.717, 1.165) is 0 Å². The first-order valence-electron chi connectivity index (χ1n) is 5.79. The van der Waals surface area contributed by atoms with Gasteiger partial charge in [-0.2, -0.15) is 13.2 Å². The number of hydrogen-bond acceptors (Lipinski definition) is 4. The van der Waals surface area contributed by atoms with Crippen molar-refractivity contribution in [2.45, 2.75) is 32.1 Å². The number of amides is 1. The van der Waals surface area contributed by atoms with Crippen LogP contribution in [0.2, 0.25) is 0 Å². The number of nitrogens with one attached hydrogen (secondary N) is 1. The highest BCUT2D eigenvalue weighted by Crippen LogP contribution is 2.17. The van der Waals surface area contributed by atoms with Gasteiger partial charge in [0.2, 0.25) is 11.8 Å². The van der Waals surface area contributed by atoms with Crippen molar-refractivity contribution in [1.29, 1.82) is 0 Å². The fraction of sp³-hybridized carbons (Fsp3) is 0.500. The smallest absolute Gasteiger partial charge is 0.422 e. The average molecular weight is 364 g/mol. The van der Waals surface area contributed by atoms with Crippen LogP contribution in [0.3, 0.4) is 0 Å². The monoisotopic (exact) mass is 363 g/mol. The molecule has 0 aliphatic carbocycles. The van der Waals surface area contributed by atoms with Crippen molar-refractivity contribution in [2.24, 2.45) is 5.73 Å². The summed E-state index contributed by atoms with van der Waals surface area (Å²) in [5.74, 6) is -0.520. The maximum Gasteiger partial charge on any atom is 0.422 e. The summed E-state index contributed by atoms with van der Waals surface area (Å²) in [6, 6.07) is 2.89. The summed E-state index contributed by atoms with van der Waals surface area (Å²) >= 11 is 0. The number of rotatable bonds is 5. The molecule has 5 nitrogen and oxygen atoms in total. The van der Waals surface area contributed by atoms with E-state index in [0.29, 0.717) is 5.56 Å². The van der Waals surface area contributed by atoms with Crippen molar-refractivity contribution in [2.75, 3.05) is 6.61 Å². The van der Waals surface area contributed by atoms with E-state index in [2.05, 4.69) is 15.0 Å². The van der Waals surface area contributed by atoms with E-state index in [-0.39, 0.29) is 43.1 Å². The zero-order chi connectivity index (χ0) is 15.4. The van der Waals surface area contributed by atoms with Crippen molar-refractivity contribution >= 4 is 30.7 Å². The molecule has 0 aliphatic rings. The molecule has 3 N–H and O–H groups in total. The Hall–Kier alpha value is -1.25. The molecule has 0 aromatic carbocycles. The largest absolute Gasteiger partial charge is 0.468 e. The third kappa shape index (κ3) is 8.91. The molecule has 1 amide bonds. The Morgan fingerprint density at radius 3 is 2.45 bits per heavy atom. The number of carbonyl (C=O) groups is 1. The summed E-state index contributed by atoms with van der Waals surface area (Å²) in [6.07, 6.45) is -3.11. The van der Waals surface area contributed by atoms with Crippen LogP contribution in [0, 0.1) is 0 Å². The minimum Gasteiger partial charge on any atom is -0.468 e. The van der Waals surface area contributed by atoms with Crippen LogP contribution in [0.4, 0.5) is 13.2 Å². The lowest BCUT2D eigenvalue weighted by Gasteiger charge is -2.17. The molecule has 1 aromatic rings. The molecule has 1 aromatic heterocycles. The second-order valence-electron chi connectivity index (χ2n) is 4.81. The van der Waals surface area contributed by atoms with Gasteiger partial charge in [-0.1, -0.05) is 0 Å². The molecule has 0 atom stereocenters. The van der Waals surface area contributed by atoms with Gasteiger partial charge >= 0.3 is 6.18 Å². The van der Waals surface area contributed by atoms with Crippen LogP contribution >= 0.6 is 24.8 Å². The third-order valence-electron chi connectivity index (χ3n) is 2.22. The summed E-state index contributed by atoms with van der Waals surface area (Å²) in [4.78, 5) is 15.2. The third-order valence-corrected chi connectivity index (χ3v) is 2.22. The van der Waals surface area contributed by atoms with Crippen LogP contribution in [-0.4, -0.2) is 29.2 Å². The van der Waals surface area contributed by atoms with Gasteiger partial charge in [-0.3, -0.25) is 4.79 Å². The molecule has 22 heavy (non-hydrogen) atoms. The number of pyridine rings is 1. The Morgan fingerprint density at radius 2 is 1.95 bits per heavy atom. The Morgan fingerprint density at radius 1 is 1.36 bits per heavy atom. The first-order valence-corrected chi connectivity index (χ1v) is 5.79. The van der Waals surface area contributed by atoms with E-state index in [4.69, 9.17) is 5.73 Å². The summed E-state index contributed by atoms with van der Waals surface area (Å²) in [5.41, 5.74) is 5.13. The van der Waals surface area contributed by atoms with Crippen molar-refractivity contribution in [1.82, 2.24) is 10.3 Å². The maximum absolute atomic E-state index is 12.0. The number of nitrogens with zero attached hydrogens (tertiary/aromatic N) is 1. The molecule has 0 fully saturated rings. The van der Waals surface area contributed by atoms with Gasteiger partial charge in [0, 0.05) is 18.8 Å². The van der Waals surface area contributed by atoms with Crippen LogP contribution in [-0.2, 0) is 11.3 Å². The summed E-state index contributed by atoms with van der Waals surface area (Å²) in [6.45, 7) is 1.81. The van der Waals surface area contributed by atoms with Gasteiger partial charge in [0.1, 0.15) is 0 Å². The molecule has 0 unspecified atom stereocenters. The maximum atomic E-state index is 12.0. The molecular weight excluding hydrogens is 346 g/mol. The topological polar surface area (TPSA) is 77.2 Å². The number of carbonyl (C=O) groups excluding carboxylic acids is 1. The second-order valence-corrected chi connectivity index (χ2v) is 4.81. The lowest BCUT2D eigenvalue weighted by atomic mass is 10.1. The molecule has 1 rings (SSSR count). The summed E-state index contributed by atoms with van der Waals surface area (Å²) < 4.78 is 40.5. The summed E-state index contributed by atoms with van der Waals surface area (Å²) in [7, 11) is 0. The van der Waals surface area contributed by atoms with Crippen LogP contribution in [0.25, 0.3) is 0 Å². The molecule has 0 spiro atoms. The van der Waals surface area contributed by atoms with Crippen molar-refractivity contribution in [3.05, 3.63) is 23.9 Å². The van der Waals surface area contributed by atoms with E-state index in [1.165, 1.54) is 12.3 Å². The SMILES string of the molecule is CC(C)(N)C(=O)NCc1ccnc(OCC(F)(F)F)c1.Cl.Cl. The predicted molar refractivity (Wildman–Crippen MR) is 80.4 cm³/mol. The number of halogens is 5. The van der Waals surface area contributed by atoms with Gasteiger partial charge in [0.25, 0.3) is 0 Å². The lowest BCUT2D eigenvalue weighted by Crippen LogP contribution is -2.48. The first kappa shape index (κ1) is 23.0. The first-order chi connectivity index (χ1) is 9.08. The Labute approximate surface area is 138 Å². The van der Waals surface area contributed by atoms with E-state index < -0.39 is 18.3 Å². The zero-order valence-corrected chi connectivity index (χ0v) is 13.6. The van der Waals surface area contributed by atoms with Gasteiger partial charge < -0.3 is 15.8 Å². The molecule has 1 heterocycles. The zero-order valence-electron chi connectivity index (χ0n) is 11.9. The Bertz CT molecular complexity index is 479. The minimum atomic E-state index is -4.42. The van der Waals surface area contributed by atoms with E-state index >= 15 is 0 Å². The Balaban J connectivity index is 0. The Kier molecular flexibility index (Phi) is 9.44. The van der Waals surface area contributed by atoms with Crippen LogP contribution < -0.4 is 15.8 Å². The fourth-order valence-electron chi connectivity index (χ4n) is 1.21. The number of nitrogens with two attached hydrogens (primary N) is 1. The van der Waals surface area contributed by atoms with Crippen molar-refractivity contribution < 1.29 is 22.7 Å². The standard InChI is InChI=1S/C12H16F3N3O2.2ClH/c1-11(2,16)10(19)18-6-8-3-4-17-9(5-8)20-7-12(13,14)15;;/h3-5H,6-7,16H2,1-2H3,(H,18,19);2*1H. The molecule has 0 saturated carbocycles. The number of aromatic nitrogens is 1. The van der Waals surface area contributed by atoms with Gasteiger partial charge in [0.05, 0.1) is 5.54 Å². The van der Waals surface area contributed by atoms with Crippen LogP contribution in [0.5, 0.6) is 5.88 Å². The number of hydrogen-bond donors (Lipinski definition) is 2. The van der Waals surface area contributed by atoms with E-state index in [9.17, 15) is 18.0 Å². The minimum absolute atomic E-state index is 0. The molecule has 0 saturated heterocycles. The van der Waals surface area contributed by atoms with Crippen molar-refractivity contribution in [3.63, 3.8) is 0 Å². The molecule has 10 heteroatoms. The van der Waals surface area contributed by atoms with Crippen molar-refractivity contribution in [3.8, 4) is 5.88 Å². The molecule has 0 radical (unpaired) electrons. The normalized spacial score (nSPS) is 11.0. The number of ether oxygens (including phenoxy) is 1. The van der Waals surface area contributed by atoms with E-state index in [1.807, 2.05) is 0 Å². The highest BCUT2D eigenvalue weighted by molar-refractivity contribution is 5.85. The van der Waals surface area contributed by atoms with E-state index in [1.54, 1.807) is 19.9 Å². The fourth-order valence-corrected chi connectivity index (χ4v) is 1.21. The molecule has 0 bridgehead atoms. The van der Waals surface area contributed by atoms with Crippen LogP contribution in [0.15, 0.2) is 18.3 Å².